The standard InChI is InChI=1S/C8H12BN3O3/c13-9(8-5-10-7-11-6-8)15-12-1-3-14-4-2-12/h5-7,13H,1-4H2. The molecule has 80 valence electrons. The fourth-order valence-corrected chi connectivity index (χ4v) is 1.29. The lowest BCUT2D eigenvalue weighted by Gasteiger charge is -2.27. The highest BCUT2D eigenvalue weighted by atomic mass is 16.7. The Morgan fingerprint density at radius 3 is 2.67 bits per heavy atom. The minimum absolute atomic E-state index is 0.545. The molecule has 1 aromatic heterocycles. The van der Waals surface area contributed by atoms with Gasteiger partial charge in [-0.05, 0) is 0 Å². The maximum absolute atomic E-state index is 9.69. The number of nitrogens with zero attached hydrogens (tertiary/aromatic N) is 3. The number of aromatic nitrogens is 2. The van der Waals surface area contributed by atoms with Crippen molar-refractivity contribution in [3.8, 4) is 0 Å². The van der Waals surface area contributed by atoms with E-state index in [4.69, 9.17) is 9.49 Å². The topological polar surface area (TPSA) is 67.7 Å². The van der Waals surface area contributed by atoms with Gasteiger partial charge in [0.1, 0.15) is 6.33 Å². The average Bonchev–Trinajstić information content (AvgIpc) is 2.31. The Morgan fingerprint density at radius 1 is 1.33 bits per heavy atom. The van der Waals surface area contributed by atoms with Gasteiger partial charge in [0.05, 0.1) is 13.2 Å². The first-order valence-electron chi connectivity index (χ1n) is 4.79. The van der Waals surface area contributed by atoms with Crippen LogP contribution in [0.25, 0.3) is 0 Å². The Kier molecular flexibility index (Phi) is 3.62. The van der Waals surface area contributed by atoms with E-state index in [1.807, 2.05) is 0 Å². The van der Waals surface area contributed by atoms with Crippen molar-refractivity contribution in [3.05, 3.63) is 18.7 Å². The fraction of sp³-hybridized carbons (Fsp3) is 0.500. The molecule has 0 radical (unpaired) electrons. The van der Waals surface area contributed by atoms with Crippen LogP contribution in [-0.2, 0) is 9.49 Å². The highest BCUT2D eigenvalue weighted by Gasteiger charge is 2.22. The molecular weight excluding hydrogens is 197 g/mol. The molecule has 0 aliphatic carbocycles. The number of hydroxylamine groups is 2. The zero-order valence-corrected chi connectivity index (χ0v) is 8.24. The molecule has 1 fully saturated rings. The van der Waals surface area contributed by atoms with Crippen LogP contribution in [0.4, 0.5) is 0 Å². The van der Waals surface area contributed by atoms with Gasteiger partial charge in [-0.1, -0.05) is 0 Å². The summed E-state index contributed by atoms with van der Waals surface area (Å²) in [5.41, 5.74) is 0.545. The van der Waals surface area contributed by atoms with E-state index in [2.05, 4.69) is 9.97 Å². The van der Waals surface area contributed by atoms with Gasteiger partial charge in [0, 0.05) is 30.9 Å². The molecule has 0 spiro atoms. The van der Waals surface area contributed by atoms with Gasteiger partial charge >= 0.3 is 7.12 Å². The maximum atomic E-state index is 9.69. The summed E-state index contributed by atoms with van der Waals surface area (Å²) >= 11 is 0. The molecule has 0 aromatic carbocycles. The first kappa shape index (κ1) is 10.5. The van der Waals surface area contributed by atoms with Crippen LogP contribution < -0.4 is 5.46 Å². The Balaban J connectivity index is 1.88. The first-order valence-corrected chi connectivity index (χ1v) is 4.79. The van der Waals surface area contributed by atoms with Gasteiger partial charge < -0.3 is 14.5 Å². The van der Waals surface area contributed by atoms with Gasteiger partial charge in [0.2, 0.25) is 0 Å². The monoisotopic (exact) mass is 209 g/mol. The first-order chi connectivity index (χ1) is 7.36. The van der Waals surface area contributed by atoms with Crippen molar-refractivity contribution in [1.29, 1.82) is 0 Å². The largest absolute Gasteiger partial charge is 0.511 e. The van der Waals surface area contributed by atoms with Gasteiger partial charge in [-0.15, -0.1) is 0 Å². The molecule has 0 bridgehead atoms. The summed E-state index contributed by atoms with van der Waals surface area (Å²) in [4.78, 5) is 7.61. The summed E-state index contributed by atoms with van der Waals surface area (Å²) in [7, 11) is -1.01. The molecule has 2 rings (SSSR count). The molecule has 15 heavy (non-hydrogen) atoms. The van der Waals surface area contributed by atoms with Crippen LogP contribution in [0.1, 0.15) is 0 Å². The third kappa shape index (κ3) is 2.97. The van der Waals surface area contributed by atoms with Gasteiger partial charge in [0.25, 0.3) is 0 Å². The summed E-state index contributed by atoms with van der Waals surface area (Å²) in [6, 6.07) is 0. The van der Waals surface area contributed by atoms with Crippen LogP contribution in [0.5, 0.6) is 0 Å². The number of hydrogen-bond donors (Lipinski definition) is 1. The Labute approximate surface area is 88.0 Å². The van der Waals surface area contributed by atoms with Crippen LogP contribution in [0.15, 0.2) is 18.7 Å². The second kappa shape index (κ2) is 5.17. The molecule has 2 heterocycles. The second-order valence-corrected chi connectivity index (χ2v) is 3.17. The lowest BCUT2D eigenvalue weighted by molar-refractivity contribution is -0.129. The summed E-state index contributed by atoms with van der Waals surface area (Å²) in [5.74, 6) is 0. The predicted molar refractivity (Wildman–Crippen MR) is 53.1 cm³/mol. The maximum Gasteiger partial charge on any atom is 0.511 e. The van der Waals surface area contributed by atoms with Crippen LogP contribution >= 0.6 is 0 Å². The minimum Gasteiger partial charge on any atom is -0.422 e. The van der Waals surface area contributed by atoms with Crippen molar-refractivity contribution >= 4 is 12.6 Å². The molecule has 0 atom stereocenters. The number of hydrogen-bond acceptors (Lipinski definition) is 6. The van der Waals surface area contributed by atoms with Crippen molar-refractivity contribution in [2.75, 3.05) is 26.3 Å². The van der Waals surface area contributed by atoms with E-state index in [0.29, 0.717) is 31.8 Å². The van der Waals surface area contributed by atoms with Crippen LogP contribution in [0, 0.1) is 0 Å². The summed E-state index contributed by atoms with van der Waals surface area (Å²) in [6.07, 6.45) is 4.46. The van der Waals surface area contributed by atoms with E-state index in [-0.39, 0.29) is 0 Å². The minimum atomic E-state index is -1.01. The quantitative estimate of drug-likeness (QED) is 0.606. The van der Waals surface area contributed by atoms with E-state index in [1.54, 1.807) is 5.06 Å². The number of rotatable bonds is 3. The lowest BCUT2D eigenvalue weighted by atomic mass is 9.82. The third-order valence-electron chi connectivity index (χ3n) is 2.08. The number of ether oxygens (including phenoxy) is 1. The SMILES string of the molecule is OB(ON1CCOCC1)c1cncnc1. The van der Waals surface area contributed by atoms with E-state index >= 15 is 0 Å². The van der Waals surface area contributed by atoms with E-state index in [9.17, 15) is 5.02 Å². The van der Waals surface area contributed by atoms with Crippen LogP contribution in [0.3, 0.4) is 0 Å². The smallest absolute Gasteiger partial charge is 0.422 e. The Bertz CT molecular complexity index is 294. The number of morpholine rings is 1. The zero-order valence-electron chi connectivity index (χ0n) is 8.24. The molecule has 1 N–H and O–H groups in total. The van der Waals surface area contributed by atoms with Crippen molar-refractivity contribution in [2.45, 2.75) is 0 Å². The molecule has 1 aliphatic rings. The molecule has 1 saturated heterocycles. The summed E-state index contributed by atoms with van der Waals surface area (Å²) in [5, 5.41) is 11.4. The third-order valence-corrected chi connectivity index (χ3v) is 2.08. The van der Waals surface area contributed by atoms with E-state index < -0.39 is 7.12 Å². The predicted octanol–water partition coefficient (Wildman–Crippen LogP) is -1.57. The van der Waals surface area contributed by atoms with Crippen molar-refractivity contribution in [2.24, 2.45) is 0 Å². The lowest BCUT2D eigenvalue weighted by Crippen LogP contribution is -2.45. The summed E-state index contributed by atoms with van der Waals surface area (Å²) < 4.78 is 10.5. The van der Waals surface area contributed by atoms with Crippen LogP contribution in [-0.4, -0.2) is 53.5 Å². The fourth-order valence-electron chi connectivity index (χ4n) is 1.29. The second-order valence-electron chi connectivity index (χ2n) is 3.17. The molecule has 1 aromatic rings. The normalized spacial score (nSPS) is 17.7. The van der Waals surface area contributed by atoms with Gasteiger partial charge in [-0.2, -0.15) is 5.06 Å². The molecule has 6 nitrogen and oxygen atoms in total. The zero-order chi connectivity index (χ0) is 10.5. The summed E-state index contributed by atoms with van der Waals surface area (Å²) in [6.45, 7) is 2.56. The molecule has 0 amide bonds. The molecule has 0 saturated carbocycles. The van der Waals surface area contributed by atoms with Gasteiger partial charge in [-0.3, -0.25) is 0 Å². The molecular formula is C8H12BN3O3. The van der Waals surface area contributed by atoms with E-state index in [0.717, 1.165) is 0 Å². The molecule has 0 unspecified atom stereocenters. The highest BCUT2D eigenvalue weighted by molar-refractivity contribution is 6.59. The average molecular weight is 209 g/mol. The Hall–Kier alpha value is -1.02. The van der Waals surface area contributed by atoms with Gasteiger partial charge in [0.15, 0.2) is 0 Å². The Morgan fingerprint density at radius 2 is 2.00 bits per heavy atom. The van der Waals surface area contributed by atoms with Crippen LogP contribution in [0.2, 0.25) is 0 Å². The van der Waals surface area contributed by atoms with E-state index in [1.165, 1.54) is 18.7 Å². The van der Waals surface area contributed by atoms with Crippen molar-refractivity contribution in [1.82, 2.24) is 15.0 Å². The van der Waals surface area contributed by atoms with Crippen molar-refractivity contribution in [3.63, 3.8) is 0 Å². The molecule has 1 aliphatic heterocycles. The highest BCUT2D eigenvalue weighted by Crippen LogP contribution is 1.98. The molecule has 7 heteroatoms. The van der Waals surface area contributed by atoms with Gasteiger partial charge in [-0.25, -0.2) is 9.97 Å². The van der Waals surface area contributed by atoms with Crippen molar-refractivity contribution < 1.29 is 14.5 Å².